The quantitative estimate of drug-likeness (QED) is 0.749. The van der Waals surface area contributed by atoms with E-state index in [2.05, 4.69) is 16.6 Å². The third-order valence-electron chi connectivity index (χ3n) is 4.88. The highest BCUT2D eigenvalue weighted by Crippen LogP contribution is 2.25. The van der Waals surface area contributed by atoms with Crippen molar-refractivity contribution in [1.29, 1.82) is 0 Å². The number of amides is 1. The molecule has 2 heterocycles. The third kappa shape index (κ3) is 3.65. The topological polar surface area (TPSA) is 50.6 Å². The second-order valence-corrected chi connectivity index (χ2v) is 6.59. The van der Waals surface area contributed by atoms with Gasteiger partial charge in [-0.2, -0.15) is 5.10 Å². The molecule has 1 atom stereocenters. The van der Waals surface area contributed by atoms with Crippen molar-refractivity contribution >= 4 is 11.6 Å². The smallest absolute Gasteiger partial charge is 0.244 e. The second kappa shape index (κ2) is 7.74. The van der Waals surface area contributed by atoms with E-state index >= 15 is 0 Å². The molecule has 26 heavy (non-hydrogen) atoms. The van der Waals surface area contributed by atoms with E-state index in [1.807, 2.05) is 60.0 Å². The van der Waals surface area contributed by atoms with E-state index in [4.69, 9.17) is 4.74 Å². The van der Waals surface area contributed by atoms with Crippen molar-refractivity contribution in [2.75, 3.05) is 25.1 Å². The van der Waals surface area contributed by atoms with Gasteiger partial charge in [0.15, 0.2) is 0 Å². The molecule has 1 amide bonds. The van der Waals surface area contributed by atoms with Crippen LogP contribution in [0.25, 0.3) is 0 Å². The second-order valence-electron chi connectivity index (χ2n) is 6.59. The van der Waals surface area contributed by atoms with Gasteiger partial charge in [0.1, 0.15) is 5.75 Å². The minimum atomic E-state index is -0.183. The average Bonchev–Trinajstić information content (AvgIpc) is 2.98. The summed E-state index contributed by atoms with van der Waals surface area (Å²) >= 11 is 0. The van der Waals surface area contributed by atoms with Gasteiger partial charge in [-0.05, 0) is 26.0 Å². The first-order valence-electron chi connectivity index (χ1n) is 8.86. The van der Waals surface area contributed by atoms with Crippen molar-refractivity contribution in [3.63, 3.8) is 0 Å². The third-order valence-corrected chi connectivity index (χ3v) is 4.88. The molecule has 1 fully saturated rings. The Bertz CT molecular complexity index is 799. The lowest BCUT2D eigenvalue weighted by molar-refractivity contribution is -0.125. The molecule has 0 radical (unpaired) electrons. The molecule has 1 aliphatic rings. The summed E-state index contributed by atoms with van der Waals surface area (Å²) in [6, 6.07) is 7.47. The van der Waals surface area contributed by atoms with Crippen LogP contribution in [0, 0.1) is 6.92 Å². The summed E-state index contributed by atoms with van der Waals surface area (Å²) in [5.41, 5.74) is 3.04. The Labute approximate surface area is 154 Å². The lowest BCUT2D eigenvalue weighted by Crippen LogP contribution is -2.55. The van der Waals surface area contributed by atoms with Crippen LogP contribution in [0.1, 0.15) is 18.2 Å². The fourth-order valence-electron chi connectivity index (χ4n) is 3.32. The van der Waals surface area contributed by atoms with Gasteiger partial charge in [-0.3, -0.25) is 14.4 Å². The summed E-state index contributed by atoms with van der Waals surface area (Å²) in [7, 11) is 1.64. The molecule has 1 saturated heterocycles. The molecule has 2 aromatic rings. The Morgan fingerprint density at radius 1 is 1.38 bits per heavy atom. The van der Waals surface area contributed by atoms with Crippen molar-refractivity contribution in [2.45, 2.75) is 33.0 Å². The largest absolute Gasteiger partial charge is 0.497 e. The van der Waals surface area contributed by atoms with E-state index < -0.39 is 0 Å². The molecule has 0 aliphatic carbocycles. The number of rotatable bonds is 6. The molecule has 0 bridgehead atoms. The highest BCUT2D eigenvalue weighted by atomic mass is 16.5. The first kappa shape index (κ1) is 18.2. The lowest BCUT2D eigenvalue weighted by Gasteiger charge is -2.39. The molecule has 0 spiro atoms. The van der Waals surface area contributed by atoms with E-state index in [1.165, 1.54) is 0 Å². The highest BCUT2D eigenvalue weighted by Gasteiger charge is 2.32. The number of hydrogen-bond acceptors (Lipinski definition) is 4. The minimum absolute atomic E-state index is 0.112. The maximum Gasteiger partial charge on any atom is 0.244 e. The van der Waals surface area contributed by atoms with Crippen LogP contribution in [0.3, 0.4) is 0 Å². The fraction of sp³-hybridized carbons (Fsp3) is 0.400. The Hall–Kier alpha value is -2.60. The van der Waals surface area contributed by atoms with E-state index in [0.717, 1.165) is 35.8 Å². The molecule has 0 saturated carbocycles. The van der Waals surface area contributed by atoms with Gasteiger partial charge in [0.2, 0.25) is 5.91 Å². The van der Waals surface area contributed by atoms with Gasteiger partial charge in [-0.15, -0.1) is 6.58 Å². The number of methoxy groups -OCH3 is 1. The van der Waals surface area contributed by atoms with E-state index in [-0.39, 0.29) is 11.9 Å². The molecule has 1 aromatic carbocycles. The number of aromatic nitrogens is 2. The summed E-state index contributed by atoms with van der Waals surface area (Å²) in [6.07, 6.45) is 3.87. The first-order valence-corrected chi connectivity index (χ1v) is 8.86. The van der Waals surface area contributed by atoms with Crippen molar-refractivity contribution in [3.8, 4) is 5.75 Å². The molecule has 0 N–H and O–H groups in total. The van der Waals surface area contributed by atoms with Gasteiger partial charge in [-0.1, -0.05) is 12.1 Å². The van der Waals surface area contributed by atoms with Crippen molar-refractivity contribution in [3.05, 3.63) is 54.4 Å². The summed E-state index contributed by atoms with van der Waals surface area (Å²) < 4.78 is 7.16. The SMILES string of the molecule is C=CCn1cc(CN2CCN(c3cccc(OC)c3)C(=O)[C@H]2C)c(C)n1. The number of carbonyl (C=O) groups excluding carboxylic acids is 1. The van der Waals surface area contributed by atoms with Crippen LogP contribution in [-0.2, 0) is 17.9 Å². The lowest BCUT2D eigenvalue weighted by atomic mass is 10.1. The zero-order chi connectivity index (χ0) is 18.7. The Morgan fingerprint density at radius 3 is 2.92 bits per heavy atom. The van der Waals surface area contributed by atoms with E-state index in [0.29, 0.717) is 13.1 Å². The molecular formula is C20H26N4O2. The van der Waals surface area contributed by atoms with Gasteiger partial charge >= 0.3 is 0 Å². The number of hydrogen-bond donors (Lipinski definition) is 0. The highest BCUT2D eigenvalue weighted by molar-refractivity contribution is 5.97. The van der Waals surface area contributed by atoms with E-state index in [1.54, 1.807) is 7.11 Å². The number of anilines is 1. The van der Waals surface area contributed by atoms with Crippen molar-refractivity contribution in [1.82, 2.24) is 14.7 Å². The predicted octanol–water partition coefficient (Wildman–Crippen LogP) is 2.62. The molecule has 3 rings (SSSR count). The zero-order valence-electron chi connectivity index (χ0n) is 15.7. The maximum atomic E-state index is 12.9. The molecule has 138 valence electrons. The normalized spacial score (nSPS) is 18.2. The van der Waals surface area contributed by atoms with Crippen molar-refractivity contribution in [2.24, 2.45) is 0 Å². The Kier molecular flexibility index (Phi) is 5.42. The Morgan fingerprint density at radius 2 is 2.19 bits per heavy atom. The van der Waals surface area contributed by atoms with Gasteiger partial charge in [0.05, 0.1) is 25.4 Å². The molecule has 1 aromatic heterocycles. The molecular weight excluding hydrogens is 328 g/mol. The van der Waals surface area contributed by atoms with Gasteiger partial charge in [0, 0.05) is 43.1 Å². The van der Waals surface area contributed by atoms with E-state index in [9.17, 15) is 4.79 Å². The molecule has 6 heteroatoms. The number of piperazine rings is 1. The summed E-state index contributed by atoms with van der Waals surface area (Å²) in [6.45, 7) is 10.6. The first-order chi connectivity index (χ1) is 12.5. The van der Waals surface area contributed by atoms with Crippen LogP contribution in [-0.4, -0.2) is 46.8 Å². The van der Waals surface area contributed by atoms with Gasteiger partial charge in [-0.25, -0.2) is 0 Å². The Balaban J connectivity index is 1.72. The van der Waals surface area contributed by atoms with Crippen LogP contribution in [0.15, 0.2) is 43.1 Å². The number of benzene rings is 1. The monoisotopic (exact) mass is 354 g/mol. The standard InChI is InChI=1S/C20H26N4O2/c1-5-9-23-14-17(15(2)21-23)13-22-10-11-24(20(25)16(22)3)18-7-6-8-19(12-18)26-4/h5-8,12,14,16H,1,9-11,13H2,2-4H3/t16-/m1/s1. The number of carbonyl (C=O) groups is 1. The predicted molar refractivity (Wildman–Crippen MR) is 102 cm³/mol. The maximum absolute atomic E-state index is 12.9. The molecule has 1 aliphatic heterocycles. The molecule has 0 unspecified atom stereocenters. The average molecular weight is 354 g/mol. The molecule has 6 nitrogen and oxygen atoms in total. The van der Waals surface area contributed by atoms with Crippen molar-refractivity contribution < 1.29 is 9.53 Å². The van der Waals surface area contributed by atoms with Crippen LogP contribution in [0.4, 0.5) is 5.69 Å². The fourth-order valence-corrected chi connectivity index (χ4v) is 3.32. The van der Waals surface area contributed by atoms with Crippen LogP contribution < -0.4 is 9.64 Å². The van der Waals surface area contributed by atoms with Crippen LogP contribution >= 0.6 is 0 Å². The van der Waals surface area contributed by atoms with Crippen LogP contribution in [0.5, 0.6) is 5.75 Å². The van der Waals surface area contributed by atoms with Gasteiger partial charge < -0.3 is 9.64 Å². The minimum Gasteiger partial charge on any atom is -0.497 e. The summed E-state index contributed by atoms with van der Waals surface area (Å²) in [5.74, 6) is 0.872. The van der Waals surface area contributed by atoms with Crippen LogP contribution in [0.2, 0.25) is 0 Å². The number of aryl methyl sites for hydroxylation is 1. The summed E-state index contributed by atoms with van der Waals surface area (Å²) in [4.78, 5) is 17.0. The summed E-state index contributed by atoms with van der Waals surface area (Å²) in [5, 5.41) is 4.50. The number of allylic oxidation sites excluding steroid dienone is 1. The zero-order valence-corrected chi connectivity index (χ0v) is 15.7. The van der Waals surface area contributed by atoms with Gasteiger partial charge in [0.25, 0.3) is 0 Å². The number of ether oxygens (including phenoxy) is 1. The number of nitrogens with zero attached hydrogens (tertiary/aromatic N) is 4.